The van der Waals surface area contributed by atoms with Gasteiger partial charge in [0.15, 0.2) is 0 Å². The number of hydrogen-bond acceptors (Lipinski definition) is 2. The van der Waals surface area contributed by atoms with Crippen molar-refractivity contribution in [2.75, 3.05) is 5.32 Å². The number of alkyl halides is 3. The lowest BCUT2D eigenvalue weighted by Crippen LogP contribution is -2.11. The first-order valence-electron chi connectivity index (χ1n) is 8.88. The zero-order valence-electron chi connectivity index (χ0n) is 15.4. The second kappa shape index (κ2) is 7.12. The summed E-state index contributed by atoms with van der Waals surface area (Å²) in [4.78, 5) is 14.5. The van der Waals surface area contributed by atoms with Gasteiger partial charge in [-0.2, -0.15) is 18.3 Å². The number of hydrogen-bond donors (Lipinski definition) is 2. The van der Waals surface area contributed by atoms with Crippen molar-refractivity contribution in [2.45, 2.75) is 19.5 Å². The molecule has 4 aromatic rings. The van der Waals surface area contributed by atoms with Gasteiger partial charge >= 0.3 is 6.18 Å². The summed E-state index contributed by atoms with van der Waals surface area (Å²) >= 11 is 0. The highest BCUT2D eigenvalue weighted by Gasteiger charge is 2.27. The summed E-state index contributed by atoms with van der Waals surface area (Å²) in [7, 11) is 0. The SMILES string of the molecule is CC(=O)Nc1c[nH]c2ccc(-c3cnn(-c4ccc(CC(F)(F)F)cc4)c3)cc12. The minimum absolute atomic E-state index is 0.155. The molecule has 0 fully saturated rings. The minimum Gasteiger partial charge on any atom is -0.359 e. The number of fused-ring (bicyclic) bond motifs is 1. The van der Waals surface area contributed by atoms with Crippen LogP contribution in [0.3, 0.4) is 0 Å². The summed E-state index contributed by atoms with van der Waals surface area (Å²) in [5.74, 6) is -0.155. The van der Waals surface area contributed by atoms with E-state index < -0.39 is 12.6 Å². The molecule has 1 amide bonds. The predicted molar refractivity (Wildman–Crippen MR) is 105 cm³/mol. The highest BCUT2D eigenvalue weighted by molar-refractivity contribution is 6.02. The van der Waals surface area contributed by atoms with Gasteiger partial charge in [-0.3, -0.25) is 4.79 Å². The van der Waals surface area contributed by atoms with E-state index in [1.165, 1.54) is 19.1 Å². The summed E-state index contributed by atoms with van der Waals surface area (Å²) in [5, 5.41) is 7.99. The van der Waals surface area contributed by atoms with E-state index in [9.17, 15) is 18.0 Å². The van der Waals surface area contributed by atoms with Crippen LogP contribution in [0.4, 0.5) is 18.9 Å². The van der Waals surface area contributed by atoms with Crippen LogP contribution < -0.4 is 5.32 Å². The van der Waals surface area contributed by atoms with Crippen molar-refractivity contribution in [1.82, 2.24) is 14.8 Å². The number of benzene rings is 2. The monoisotopic (exact) mass is 398 g/mol. The van der Waals surface area contributed by atoms with Crippen molar-refractivity contribution in [1.29, 1.82) is 0 Å². The van der Waals surface area contributed by atoms with Crippen LogP contribution in [0, 0.1) is 0 Å². The number of nitrogens with one attached hydrogen (secondary N) is 2. The molecule has 2 N–H and O–H groups in total. The number of carbonyl (C=O) groups is 1. The molecule has 2 aromatic carbocycles. The third-order valence-electron chi connectivity index (χ3n) is 4.51. The molecule has 0 aliphatic heterocycles. The van der Waals surface area contributed by atoms with E-state index in [2.05, 4.69) is 15.4 Å². The number of aromatic amines is 1. The van der Waals surface area contributed by atoms with Crippen molar-refractivity contribution in [3.05, 3.63) is 66.6 Å². The molecule has 2 aromatic heterocycles. The first kappa shape index (κ1) is 18.8. The Kier molecular flexibility index (Phi) is 4.62. The second-order valence-electron chi connectivity index (χ2n) is 6.78. The Bertz CT molecular complexity index is 1170. The molecule has 0 saturated heterocycles. The zero-order valence-corrected chi connectivity index (χ0v) is 15.4. The largest absolute Gasteiger partial charge is 0.393 e. The van der Waals surface area contributed by atoms with Gasteiger partial charge in [0, 0.05) is 35.8 Å². The zero-order chi connectivity index (χ0) is 20.6. The van der Waals surface area contributed by atoms with Gasteiger partial charge in [0.1, 0.15) is 0 Å². The Hall–Kier alpha value is -3.55. The van der Waals surface area contributed by atoms with Crippen LogP contribution in [-0.2, 0) is 11.2 Å². The van der Waals surface area contributed by atoms with Crippen LogP contribution in [0.25, 0.3) is 27.7 Å². The number of aromatic nitrogens is 3. The molecule has 0 unspecified atom stereocenters. The van der Waals surface area contributed by atoms with Crippen LogP contribution in [-0.4, -0.2) is 26.8 Å². The lowest BCUT2D eigenvalue weighted by Gasteiger charge is -2.07. The number of nitrogens with zero attached hydrogens (tertiary/aromatic N) is 2. The molecule has 0 spiro atoms. The Morgan fingerprint density at radius 2 is 1.90 bits per heavy atom. The van der Waals surface area contributed by atoms with Gasteiger partial charge in [0.25, 0.3) is 0 Å². The molecule has 4 rings (SSSR count). The Morgan fingerprint density at radius 3 is 2.59 bits per heavy atom. The van der Waals surface area contributed by atoms with Crippen molar-refractivity contribution in [3.8, 4) is 16.8 Å². The summed E-state index contributed by atoms with van der Waals surface area (Å²) in [6.07, 6.45) is 0.0558. The maximum absolute atomic E-state index is 12.5. The number of amides is 1. The van der Waals surface area contributed by atoms with E-state index in [0.717, 1.165) is 22.0 Å². The van der Waals surface area contributed by atoms with Crippen molar-refractivity contribution in [2.24, 2.45) is 0 Å². The first-order valence-corrected chi connectivity index (χ1v) is 8.88. The maximum Gasteiger partial charge on any atom is 0.393 e. The lowest BCUT2D eigenvalue weighted by molar-refractivity contribution is -0.127. The predicted octanol–water partition coefficient (Wildman–Crippen LogP) is 5.08. The molecular weight excluding hydrogens is 381 g/mol. The average molecular weight is 398 g/mol. The summed E-state index contributed by atoms with van der Waals surface area (Å²) in [6, 6.07) is 11.9. The average Bonchev–Trinajstić information content (AvgIpc) is 3.28. The Balaban J connectivity index is 1.61. The van der Waals surface area contributed by atoms with Gasteiger partial charge in [-0.15, -0.1) is 0 Å². The first-order chi connectivity index (χ1) is 13.8. The topological polar surface area (TPSA) is 62.7 Å². The van der Waals surface area contributed by atoms with E-state index in [0.29, 0.717) is 11.4 Å². The molecule has 0 radical (unpaired) electrons. The second-order valence-corrected chi connectivity index (χ2v) is 6.78. The normalized spacial score (nSPS) is 11.7. The molecule has 5 nitrogen and oxygen atoms in total. The summed E-state index contributed by atoms with van der Waals surface area (Å²) < 4.78 is 39.1. The van der Waals surface area contributed by atoms with E-state index in [1.807, 2.05) is 24.4 Å². The van der Waals surface area contributed by atoms with Gasteiger partial charge in [-0.05, 0) is 35.4 Å². The molecule has 148 valence electrons. The van der Waals surface area contributed by atoms with Gasteiger partial charge in [0.2, 0.25) is 5.91 Å². The van der Waals surface area contributed by atoms with Crippen molar-refractivity contribution in [3.63, 3.8) is 0 Å². The maximum atomic E-state index is 12.5. The number of carbonyl (C=O) groups excluding carboxylic acids is 1. The summed E-state index contributed by atoms with van der Waals surface area (Å²) in [6.45, 7) is 1.45. The fourth-order valence-electron chi connectivity index (χ4n) is 3.20. The molecule has 0 saturated carbocycles. The van der Waals surface area contributed by atoms with Crippen molar-refractivity contribution >= 4 is 22.5 Å². The lowest BCUT2D eigenvalue weighted by atomic mass is 10.1. The smallest absolute Gasteiger partial charge is 0.359 e. The third kappa shape index (κ3) is 4.16. The fourth-order valence-corrected chi connectivity index (χ4v) is 3.20. The number of anilines is 1. The fraction of sp³-hybridized carbons (Fsp3) is 0.143. The van der Waals surface area contributed by atoms with Gasteiger partial charge in [0.05, 0.1) is 24.0 Å². The molecule has 0 aliphatic rings. The molecule has 0 aliphatic carbocycles. The quantitative estimate of drug-likeness (QED) is 0.503. The van der Waals surface area contributed by atoms with Crippen LogP contribution in [0.1, 0.15) is 12.5 Å². The third-order valence-corrected chi connectivity index (χ3v) is 4.51. The van der Waals surface area contributed by atoms with Crippen LogP contribution in [0.2, 0.25) is 0 Å². The van der Waals surface area contributed by atoms with E-state index in [1.54, 1.807) is 29.2 Å². The van der Waals surface area contributed by atoms with E-state index in [4.69, 9.17) is 0 Å². The molecule has 8 heteroatoms. The van der Waals surface area contributed by atoms with Crippen LogP contribution in [0.15, 0.2) is 61.1 Å². The molecule has 29 heavy (non-hydrogen) atoms. The Labute approximate surface area is 164 Å². The van der Waals surface area contributed by atoms with Crippen LogP contribution in [0.5, 0.6) is 0 Å². The molecule has 0 atom stereocenters. The van der Waals surface area contributed by atoms with Crippen LogP contribution >= 0.6 is 0 Å². The van der Waals surface area contributed by atoms with Gasteiger partial charge in [-0.25, -0.2) is 4.68 Å². The molecule has 2 heterocycles. The minimum atomic E-state index is -4.23. The number of H-pyrrole nitrogens is 1. The highest BCUT2D eigenvalue weighted by Crippen LogP contribution is 2.29. The van der Waals surface area contributed by atoms with Gasteiger partial charge in [-0.1, -0.05) is 18.2 Å². The molecular formula is C21H17F3N4O. The van der Waals surface area contributed by atoms with E-state index >= 15 is 0 Å². The van der Waals surface area contributed by atoms with Crippen molar-refractivity contribution < 1.29 is 18.0 Å². The number of rotatable bonds is 4. The highest BCUT2D eigenvalue weighted by atomic mass is 19.4. The van der Waals surface area contributed by atoms with Gasteiger partial charge < -0.3 is 10.3 Å². The van der Waals surface area contributed by atoms with E-state index in [-0.39, 0.29) is 11.5 Å². The Morgan fingerprint density at radius 1 is 1.14 bits per heavy atom. The molecule has 0 bridgehead atoms. The summed E-state index contributed by atoms with van der Waals surface area (Å²) in [5.41, 5.74) is 4.22. The standard InChI is InChI=1S/C21H17F3N4O/c1-13(29)27-20-11-25-19-7-4-15(8-18(19)20)16-10-26-28(12-16)17-5-2-14(3-6-17)9-21(22,23)24/h2-8,10-12,25H,9H2,1H3,(H,27,29). The number of halogens is 3.